The molecule has 0 saturated carbocycles. The van der Waals surface area contributed by atoms with Crippen molar-refractivity contribution in [1.82, 2.24) is 15.0 Å². The van der Waals surface area contributed by atoms with Gasteiger partial charge in [-0.2, -0.15) is 0 Å². The van der Waals surface area contributed by atoms with E-state index in [0.29, 0.717) is 15.4 Å². The van der Waals surface area contributed by atoms with Crippen molar-refractivity contribution in [3.05, 3.63) is 52.5 Å². The lowest BCUT2D eigenvalue weighted by atomic mass is 10.2. The normalized spacial score (nSPS) is 10.6. The summed E-state index contributed by atoms with van der Waals surface area (Å²) in [4.78, 5) is 12.3. The van der Waals surface area contributed by atoms with Crippen LogP contribution < -0.4 is 5.32 Å². The molecule has 1 aromatic carbocycles. The van der Waals surface area contributed by atoms with Gasteiger partial charge in [0.2, 0.25) is 0 Å². The first-order chi connectivity index (χ1) is 9.24. The molecule has 0 amide bonds. The first kappa shape index (κ1) is 12.3. The predicted octanol–water partition coefficient (Wildman–Crippen LogP) is 4.18. The Bertz CT molecular complexity index is 748. The molecule has 3 rings (SSSR count). The largest absolute Gasteiger partial charge is 0.339 e. The van der Waals surface area contributed by atoms with Gasteiger partial charge in [0.1, 0.15) is 17.3 Å². The summed E-state index contributed by atoms with van der Waals surface area (Å²) in [5.74, 6) is 0.628. The number of hydrogen-bond donors (Lipinski definition) is 1. The molecular formula is C13H8BrClN4. The minimum Gasteiger partial charge on any atom is -0.339 e. The topological polar surface area (TPSA) is 50.7 Å². The van der Waals surface area contributed by atoms with Gasteiger partial charge in [0.05, 0.1) is 9.99 Å². The Hall–Kier alpha value is -1.72. The summed E-state index contributed by atoms with van der Waals surface area (Å²) in [6.07, 6.45) is 3.19. The first-order valence-corrected chi connectivity index (χ1v) is 6.69. The number of rotatable bonds is 2. The van der Waals surface area contributed by atoms with Crippen LogP contribution in [0.5, 0.6) is 0 Å². The van der Waals surface area contributed by atoms with Crippen molar-refractivity contribution in [2.75, 3.05) is 5.32 Å². The Morgan fingerprint density at radius 1 is 1.11 bits per heavy atom. The molecule has 1 N–H and O–H groups in total. The summed E-state index contributed by atoms with van der Waals surface area (Å²) >= 11 is 9.28. The molecule has 0 aliphatic heterocycles. The van der Waals surface area contributed by atoms with Crippen LogP contribution in [0.1, 0.15) is 0 Å². The van der Waals surface area contributed by atoms with Crippen LogP contribution in [-0.2, 0) is 0 Å². The third kappa shape index (κ3) is 2.52. The number of nitrogens with one attached hydrogen (secondary N) is 1. The quantitative estimate of drug-likeness (QED) is 0.714. The van der Waals surface area contributed by atoms with Crippen molar-refractivity contribution in [2.45, 2.75) is 0 Å². The molecule has 4 nitrogen and oxygen atoms in total. The number of benzene rings is 1. The molecule has 0 aliphatic rings. The number of nitrogens with zero attached hydrogens (tertiary/aromatic N) is 3. The van der Waals surface area contributed by atoms with Gasteiger partial charge in [-0.1, -0.05) is 17.7 Å². The van der Waals surface area contributed by atoms with Gasteiger partial charge in [-0.05, 0) is 40.2 Å². The van der Waals surface area contributed by atoms with Gasteiger partial charge in [0.25, 0.3) is 0 Å². The molecule has 0 radical (unpaired) electrons. The first-order valence-electron chi connectivity index (χ1n) is 5.52. The maximum atomic E-state index is 5.93. The second-order valence-electron chi connectivity index (χ2n) is 3.86. The fourth-order valence-corrected chi connectivity index (χ4v) is 2.16. The standard InChI is InChI=1S/C13H8BrClN4/c14-11-12(15)17-7-18-13(11)19-9-3-4-10-8(6-9)2-1-5-16-10/h1-7H,(H,17,18,19). The molecule has 2 heterocycles. The third-order valence-corrected chi connectivity index (χ3v) is 3.88. The van der Waals surface area contributed by atoms with Gasteiger partial charge in [0, 0.05) is 17.3 Å². The smallest absolute Gasteiger partial charge is 0.149 e. The van der Waals surface area contributed by atoms with E-state index in [1.54, 1.807) is 6.20 Å². The molecule has 0 unspecified atom stereocenters. The highest BCUT2D eigenvalue weighted by atomic mass is 79.9. The summed E-state index contributed by atoms with van der Waals surface area (Å²) in [6, 6.07) is 9.82. The van der Waals surface area contributed by atoms with Gasteiger partial charge in [-0.3, -0.25) is 4.98 Å². The molecular weight excluding hydrogens is 328 g/mol. The second-order valence-corrected chi connectivity index (χ2v) is 5.01. The fraction of sp³-hybridized carbons (Fsp3) is 0. The lowest BCUT2D eigenvalue weighted by molar-refractivity contribution is 1.15. The molecule has 0 spiro atoms. The number of fused-ring (bicyclic) bond motifs is 1. The predicted molar refractivity (Wildman–Crippen MR) is 79.8 cm³/mol. The van der Waals surface area contributed by atoms with Crippen molar-refractivity contribution in [2.24, 2.45) is 0 Å². The number of anilines is 2. The van der Waals surface area contributed by atoms with Gasteiger partial charge < -0.3 is 5.32 Å². The van der Waals surface area contributed by atoms with Crippen LogP contribution in [0.2, 0.25) is 5.15 Å². The Labute approximate surface area is 123 Å². The molecule has 0 saturated heterocycles. The highest BCUT2D eigenvalue weighted by molar-refractivity contribution is 9.10. The summed E-state index contributed by atoms with van der Waals surface area (Å²) in [6.45, 7) is 0. The van der Waals surface area contributed by atoms with Crippen molar-refractivity contribution >= 4 is 49.9 Å². The van der Waals surface area contributed by atoms with E-state index in [0.717, 1.165) is 16.6 Å². The maximum absolute atomic E-state index is 5.93. The summed E-state index contributed by atoms with van der Waals surface area (Å²) in [7, 11) is 0. The maximum Gasteiger partial charge on any atom is 0.149 e. The minimum atomic E-state index is 0.375. The molecule has 0 atom stereocenters. The van der Waals surface area contributed by atoms with Crippen molar-refractivity contribution in [3.63, 3.8) is 0 Å². The number of pyridine rings is 1. The van der Waals surface area contributed by atoms with Gasteiger partial charge >= 0.3 is 0 Å². The van der Waals surface area contributed by atoms with E-state index in [1.807, 2.05) is 30.3 Å². The highest BCUT2D eigenvalue weighted by Crippen LogP contribution is 2.29. The summed E-state index contributed by atoms with van der Waals surface area (Å²) in [5.41, 5.74) is 1.86. The minimum absolute atomic E-state index is 0.375. The zero-order valence-corrected chi connectivity index (χ0v) is 12.0. The number of hydrogen-bond acceptors (Lipinski definition) is 4. The van der Waals surface area contributed by atoms with E-state index in [1.165, 1.54) is 6.33 Å². The highest BCUT2D eigenvalue weighted by Gasteiger charge is 2.07. The molecule has 6 heteroatoms. The van der Waals surface area contributed by atoms with E-state index in [-0.39, 0.29) is 0 Å². The van der Waals surface area contributed by atoms with Crippen LogP contribution in [0.3, 0.4) is 0 Å². The zero-order valence-electron chi connectivity index (χ0n) is 9.64. The Kier molecular flexibility index (Phi) is 3.31. The van der Waals surface area contributed by atoms with E-state index < -0.39 is 0 Å². The average Bonchev–Trinajstić information content (AvgIpc) is 2.44. The fourth-order valence-electron chi connectivity index (χ4n) is 1.73. The third-order valence-electron chi connectivity index (χ3n) is 2.61. The molecule has 0 bridgehead atoms. The van der Waals surface area contributed by atoms with Crippen molar-refractivity contribution < 1.29 is 0 Å². The Balaban J connectivity index is 1.99. The Morgan fingerprint density at radius 3 is 2.89 bits per heavy atom. The summed E-state index contributed by atoms with van der Waals surface area (Å²) in [5, 5.41) is 4.63. The van der Waals surface area contributed by atoms with E-state index in [2.05, 4.69) is 36.2 Å². The SMILES string of the molecule is Clc1ncnc(Nc2ccc3ncccc3c2)c1Br. The molecule has 0 aliphatic carbocycles. The number of aromatic nitrogens is 3. The lowest BCUT2D eigenvalue weighted by Crippen LogP contribution is -1.96. The molecule has 3 aromatic rings. The van der Waals surface area contributed by atoms with E-state index in [9.17, 15) is 0 Å². The zero-order chi connectivity index (χ0) is 13.2. The van der Waals surface area contributed by atoms with Crippen LogP contribution in [0, 0.1) is 0 Å². The second kappa shape index (κ2) is 5.11. The van der Waals surface area contributed by atoms with Crippen LogP contribution in [0.4, 0.5) is 11.5 Å². The van der Waals surface area contributed by atoms with Crippen LogP contribution in [0.25, 0.3) is 10.9 Å². The van der Waals surface area contributed by atoms with Crippen molar-refractivity contribution in [3.8, 4) is 0 Å². The van der Waals surface area contributed by atoms with E-state index >= 15 is 0 Å². The summed E-state index contributed by atoms with van der Waals surface area (Å²) < 4.78 is 0.642. The van der Waals surface area contributed by atoms with Crippen LogP contribution in [-0.4, -0.2) is 15.0 Å². The van der Waals surface area contributed by atoms with Gasteiger partial charge in [0.15, 0.2) is 0 Å². The van der Waals surface area contributed by atoms with Crippen LogP contribution >= 0.6 is 27.5 Å². The molecule has 19 heavy (non-hydrogen) atoms. The molecule has 94 valence electrons. The average molecular weight is 336 g/mol. The molecule has 2 aromatic heterocycles. The van der Waals surface area contributed by atoms with Crippen molar-refractivity contribution in [1.29, 1.82) is 0 Å². The number of halogens is 2. The van der Waals surface area contributed by atoms with Gasteiger partial charge in [-0.25, -0.2) is 9.97 Å². The Morgan fingerprint density at radius 2 is 2.00 bits per heavy atom. The monoisotopic (exact) mass is 334 g/mol. The van der Waals surface area contributed by atoms with E-state index in [4.69, 9.17) is 11.6 Å². The van der Waals surface area contributed by atoms with Gasteiger partial charge in [-0.15, -0.1) is 0 Å². The van der Waals surface area contributed by atoms with Crippen LogP contribution in [0.15, 0.2) is 47.3 Å². The molecule has 0 fully saturated rings. The lowest BCUT2D eigenvalue weighted by Gasteiger charge is -2.08.